The van der Waals surface area contributed by atoms with Gasteiger partial charge in [-0.3, -0.25) is 29.0 Å². The smallest absolute Gasteiger partial charge is 0.317 e. The van der Waals surface area contributed by atoms with E-state index < -0.39 is 23.9 Å². The summed E-state index contributed by atoms with van der Waals surface area (Å²) in [6, 6.07) is 0. The lowest BCUT2D eigenvalue weighted by atomic mass is 10.5. The van der Waals surface area contributed by atoms with Crippen molar-refractivity contribution in [3.8, 4) is 0 Å². The van der Waals surface area contributed by atoms with Crippen LogP contribution >= 0.6 is 0 Å². The fourth-order valence-corrected chi connectivity index (χ4v) is 1.20. The summed E-state index contributed by atoms with van der Waals surface area (Å²) >= 11 is 0. The number of hydrogen-bond donors (Lipinski definition) is 4. The first kappa shape index (κ1) is 27.6. The summed E-state index contributed by atoms with van der Waals surface area (Å²) in [5, 5.41) is 32.1. The Kier molecular flexibility index (Phi) is 18.3. The first-order chi connectivity index (χ1) is 11.3. The summed E-state index contributed by atoms with van der Waals surface area (Å²) in [6.45, 7) is 2.40. The maximum Gasteiger partial charge on any atom is 0.317 e. The molecule has 0 bridgehead atoms. The summed E-state index contributed by atoms with van der Waals surface area (Å²) in [7, 11) is 7.17. The first-order valence-corrected chi connectivity index (χ1v) is 7.14. The molecule has 0 fully saturated rings. The third-order valence-corrected chi connectivity index (χ3v) is 2.14. The number of hydrogen-bond acceptors (Lipinski definition) is 7. The van der Waals surface area contributed by atoms with Gasteiger partial charge in [-0.15, -0.1) is 0 Å². The quantitative estimate of drug-likeness (QED) is 0.385. The van der Waals surface area contributed by atoms with Gasteiger partial charge in [0.2, 0.25) is 0 Å². The fraction of sp³-hybridized carbons (Fsp3) is 0.714. The summed E-state index contributed by atoms with van der Waals surface area (Å²) in [5.74, 6) is -3.65. The molecule has 0 unspecified atom stereocenters. The minimum absolute atomic E-state index is 0.119. The van der Waals surface area contributed by atoms with E-state index in [4.69, 9.17) is 25.2 Å². The summed E-state index contributed by atoms with van der Waals surface area (Å²) in [4.78, 5) is 44.1. The molecule has 0 rings (SSSR count). The van der Waals surface area contributed by atoms with Crippen LogP contribution in [-0.4, -0.2) is 120 Å². The molecule has 0 saturated heterocycles. The molecule has 0 aromatic carbocycles. The predicted octanol–water partition coefficient (Wildman–Crippen LogP) is -1.26. The molecule has 148 valence electrons. The van der Waals surface area contributed by atoms with Gasteiger partial charge >= 0.3 is 17.9 Å². The van der Waals surface area contributed by atoms with E-state index in [1.807, 2.05) is 19.0 Å². The van der Waals surface area contributed by atoms with Crippen molar-refractivity contribution in [1.82, 2.24) is 14.7 Å². The van der Waals surface area contributed by atoms with Gasteiger partial charge in [0.1, 0.15) is 0 Å². The van der Waals surface area contributed by atoms with Crippen LogP contribution in [0.15, 0.2) is 0 Å². The molecule has 0 aliphatic carbocycles. The molecule has 0 aliphatic rings. The van der Waals surface area contributed by atoms with Crippen molar-refractivity contribution in [3.63, 3.8) is 0 Å². The number of carboxylic acid groups (broad SMARTS) is 4. The van der Waals surface area contributed by atoms with E-state index >= 15 is 0 Å². The number of carbonyl (C=O) groups is 4. The molecule has 0 aromatic rings. The zero-order chi connectivity index (χ0) is 20.6. The van der Waals surface area contributed by atoms with E-state index in [0.717, 1.165) is 20.0 Å². The van der Waals surface area contributed by atoms with Crippen LogP contribution in [0.2, 0.25) is 0 Å². The fourth-order valence-electron chi connectivity index (χ4n) is 1.20. The lowest BCUT2D eigenvalue weighted by Crippen LogP contribution is -2.32. The van der Waals surface area contributed by atoms with Gasteiger partial charge in [0, 0.05) is 20.0 Å². The van der Waals surface area contributed by atoms with Crippen LogP contribution < -0.4 is 0 Å². The average Bonchev–Trinajstić information content (AvgIpc) is 2.33. The zero-order valence-corrected chi connectivity index (χ0v) is 15.3. The molecule has 0 radical (unpaired) electrons. The summed E-state index contributed by atoms with van der Waals surface area (Å²) in [6.07, 6.45) is 0. The Balaban J connectivity index is -0.000000321. The minimum atomic E-state index is -1.02. The molecule has 0 aromatic heterocycles. The average molecular weight is 367 g/mol. The Bertz CT molecular complexity index is 395. The molecule has 0 saturated carbocycles. The van der Waals surface area contributed by atoms with Crippen LogP contribution in [0.4, 0.5) is 0 Å². The van der Waals surface area contributed by atoms with E-state index in [1.165, 1.54) is 11.9 Å². The van der Waals surface area contributed by atoms with Gasteiger partial charge in [-0.1, -0.05) is 0 Å². The number of aliphatic carboxylic acids is 4. The van der Waals surface area contributed by atoms with Crippen molar-refractivity contribution in [1.29, 1.82) is 0 Å². The van der Waals surface area contributed by atoms with Crippen molar-refractivity contribution in [2.75, 3.05) is 60.9 Å². The maximum absolute atomic E-state index is 10.2. The van der Waals surface area contributed by atoms with Crippen LogP contribution in [0.5, 0.6) is 0 Å². The standard InChI is InChI=1S/C7H16N2O2.C5H9NO4.C2H4O2/c1-8(2)4-5-9(3)6-7(10)11;1-6(2-4(7)8)3-5(9)10;1-2(3)4/h4-6H2,1-3H3,(H,10,11);2-3H2,1H3,(H,7,8)(H,9,10);1H3,(H,3,4). The lowest BCUT2D eigenvalue weighted by molar-refractivity contribution is -0.141. The van der Waals surface area contributed by atoms with Gasteiger partial charge in [0.15, 0.2) is 0 Å². The topological polar surface area (TPSA) is 159 Å². The third kappa shape index (κ3) is 39.0. The number of rotatable bonds is 9. The van der Waals surface area contributed by atoms with Crippen LogP contribution in [0.1, 0.15) is 6.92 Å². The molecule has 11 nitrogen and oxygen atoms in total. The van der Waals surface area contributed by atoms with Crippen molar-refractivity contribution in [2.45, 2.75) is 6.92 Å². The highest BCUT2D eigenvalue weighted by Gasteiger charge is 2.06. The second-order valence-electron chi connectivity index (χ2n) is 5.41. The van der Waals surface area contributed by atoms with Gasteiger partial charge in [-0.05, 0) is 28.2 Å². The normalized spacial score (nSPS) is 9.76. The van der Waals surface area contributed by atoms with E-state index in [-0.39, 0.29) is 19.6 Å². The molecule has 4 N–H and O–H groups in total. The first-order valence-electron chi connectivity index (χ1n) is 7.14. The lowest BCUT2D eigenvalue weighted by Gasteiger charge is -2.16. The second kappa shape index (κ2) is 16.6. The molecule has 11 heteroatoms. The van der Waals surface area contributed by atoms with Gasteiger partial charge in [0.25, 0.3) is 5.97 Å². The summed E-state index contributed by atoms with van der Waals surface area (Å²) in [5.41, 5.74) is 0. The van der Waals surface area contributed by atoms with E-state index in [0.29, 0.717) is 0 Å². The maximum atomic E-state index is 10.2. The molecule has 0 aliphatic heterocycles. The van der Waals surface area contributed by atoms with Gasteiger partial charge < -0.3 is 25.3 Å². The molecular weight excluding hydrogens is 338 g/mol. The van der Waals surface area contributed by atoms with Crippen LogP contribution in [0, 0.1) is 0 Å². The Labute approximate surface area is 147 Å². The third-order valence-electron chi connectivity index (χ3n) is 2.14. The highest BCUT2D eigenvalue weighted by atomic mass is 16.4. The summed E-state index contributed by atoms with van der Waals surface area (Å²) < 4.78 is 0. The SMILES string of the molecule is CC(=O)O.CN(C)CCN(C)CC(=O)O.CN(CC(=O)O)CC(=O)O. The van der Waals surface area contributed by atoms with Crippen molar-refractivity contribution >= 4 is 23.9 Å². The molecular formula is C14H29N3O8. The van der Waals surface area contributed by atoms with Gasteiger partial charge in [-0.2, -0.15) is 0 Å². The second-order valence-corrected chi connectivity index (χ2v) is 5.41. The Morgan fingerprint density at radius 3 is 1.16 bits per heavy atom. The predicted molar refractivity (Wildman–Crippen MR) is 89.8 cm³/mol. The van der Waals surface area contributed by atoms with Crippen LogP contribution in [0.3, 0.4) is 0 Å². The van der Waals surface area contributed by atoms with Crippen molar-refractivity contribution in [2.24, 2.45) is 0 Å². The van der Waals surface area contributed by atoms with Crippen molar-refractivity contribution < 1.29 is 39.6 Å². The minimum Gasteiger partial charge on any atom is -0.481 e. The molecule has 0 atom stereocenters. The van der Waals surface area contributed by atoms with E-state index in [2.05, 4.69) is 0 Å². The van der Waals surface area contributed by atoms with Gasteiger partial charge in [0.05, 0.1) is 19.6 Å². The van der Waals surface area contributed by atoms with Crippen LogP contribution in [-0.2, 0) is 19.2 Å². The highest BCUT2D eigenvalue weighted by molar-refractivity contribution is 5.72. The van der Waals surface area contributed by atoms with Crippen LogP contribution in [0.25, 0.3) is 0 Å². The molecule has 0 spiro atoms. The molecule has 0 heterocycles. The Hall–Kier alpha value is -2.24. The number of nitrogens with zero attached hydrogens (tertiary/aromatic N) is 3. The largest absolute Gasteiger partial charge is 0.481 e. The zero-order valence-electron chi connectivity index (χ0n) is 15.3. The highest BCUT2D eigenvalue weighted by Crippen LogP contribution is 1.83. The number of likely N-dealkylation sites (N-methyl/N-ethyl adjacent to an activating group) is 3. The van der Waals surface area contributed by atoms with Gasteiger partial charge in [-0.25, -0.2) is 0 Å². The Morgan fingerprint density at radius 1 is 0.640 bits per heavy atom. The van der Waals surface area contributed by atoms with E-state index in [1.54, 1.807) is 11.9 Å². The molecule has 25 heavy (non-hydrogen) atoms. The Morgan fingerprint density at radius 2 is 0.920 bits per heavy atom. The monoisotopic (exact) mass is 367 g/mol. The molecule has 0 amide bonds. The van der Waals surface area contributed by atoms with E-state index in [9.17, 15) is 14.4 Å². The number of carboxylic acids is 4. The van der Waals surface area contributed by atoms with Crippen molar-refractivity contribution in [3.05, 3.63) is 0 Å².